The van der Waals surface area contributed by atoms with Crippen LogP contribution in [0, 0.1) is 5.92 Å². The molecule has 4 N–H and O–H groups in total. The normalized spacial score (nSPS) is 21.2. The third-order valence-corrected chi connectivity index (χ3v) is 5.26. The molecular weight excluding hydrogens is 266 g/mol. The fourth-order valence-electron chi connectivity index (χ4n) is 2.25. The first-order chi connectivity index (χ1) is 8.93. The van der Waals surface area contributed by atoms with Gasteiger partial charge in [-0.1, -0.05) is 12.1 Å². The summed E-state index contributed by atoms with van der Waals surface area (Å²) in [6.45, 7) is 0.520. The summed E-state index contributed by atoms with van der Waals surface area (Å²) in [5.41, 5.74) is 11.2. The van der Waals surface area contributed by atoms with Crippen LogP contribution in [0.15, 0.2) is 29.2 Å². The molecule has 1 amide bonds. The molecule has 104 valence electrons. The summed E-state index contributed by atoms with van der Waals surface area (Å²) in [5, 5.41) is 0. The van der Waals surface area contributed by atoms with E-state index in [1.165, 1.54) is 10.4 Å². The zero-order valence-corrected chi connectivity index (χ0v) is 11.3. The summed E-state index contributed by atoms with van der Waals surface area (Å²) < 4.78 is 26.2. The highest BCUT2D eigenvalue weighted by atomic mass is 32.2. The zero-order valence-electron chi connectivity index (χ0n) is 10.5. The van der Waals surface area contributed by atoms with Crippen LogP contribution in [-0.2, 0) is 14.8 Å². The summed E-state index contributed by atoms with van der Waals surface area (Å²) in [7, 11) is -3.66. The quantitative estimate of drug-likeness (QED) is 0.770. The van der Waals surface area contributed by atoms with E-state index < -0.39 is 21.8 Å². The van der Waals surface area contributed by atoms with Crippen molar-refractivity contribution < 1.29 is 13.2 Å². The minimum Gasteiger partial charge on any atom is -0.398 e. The van der Waals surface area contributed by atoms with Gasteiger partial charge in [0.15, 0.2) is 0 Å². The number of primary amides is 1. The average molecular weight is 283 g/mol. The Morgan fingerprint density at radius 2 is 2.00 bits per heavy atom. The van der Waals surface area contributed by atoms with E-state index in [1.807, 2.05) is 0 Å². The van der Waals surface area contributed by atoms with Crippen LogP contribution >= 0.6 is 0 Å². The van der Waals surface area contributed by atoms with E-state index in [9.17, 15) is 13.2 Å². The topological polar surface area (TPSA) is 106 Å². The summed E-state index contributed by atoms with van der Waals surface area (Å²) in [4.78, 5) is 11.3. The molecule has 6 nitrogen and oxygen atoms in total. The molecule has 1 saturated heterocycles. The molecule has 0 radical (unpaired) electrons. The molecule has 1 aromatic carbocycles. The summed E-state index contributed by atoms with van der Waals surface area (Å²) in [5.74, 6) is -0.880. The van der Waals surface area contributed by atoms with E-state index in [1.54, 1.807) is 18.2 Å². The Morgan fingerprint density at radius 3 is 2.63 bits per heavy atom. The van der Waals surface area contributed by atoms with Crippen LogP contribution in [0.1, 0.15) is 12.8 Å². The molecule has 2 rings (SSSR count). The number of rotatable bonds is 3. The molecule has 0 bridgehead atoms. The second-order valence-corrected chi connectivity index (χ2v) is 6.55. The van der Waals surface area contributed by atoms with Crippen LogP contribution in [0.3, 0.4) is 0 Å². The lowest BCUT2D eigenvalue weighted by Crippen LogP contribution is -2.44. The number of amides is 1. The third-order valence-electron chi connectivity index (χ3n) is 3.32. The van der Waals surface area contributed by atoms with Crippen molar-refractivity contribution in [3.8, 4) is 0 Å². The average Bonchev–Trinajstić information content (AvgIpc) is 2.39. The van der Waals surface area contributed by atoms with E-state index in [4.69, 9.17) is 11.5 Å². The van der Waals surface area contributed by atoms with Gasteiger partial charge >= 0.3 is 0 Å². The van der Waals surface area contributed by atoms with Gasteiger partial charge in [-0.3, -0.25) is 4.79 Å². The van der Waals surface area contributed by atoms with Crippen molar-refractivity contribution in [3.05, 3.63) is 24.3 Å². The maximum absolute atomic E-state index is 12.5. The van der Waals surface area contributed by atoms with Gasteiger partial charge in [-0.15, -0.1) is 0 Å². The SMILES string of the molecule is NC(=O)C1CCCN(S(=O)(=O)c2ccccc2N)C1. The number of piperidine rings is 1. The van der Waals surface area contributed by atoms with E-state index in [-0.39, 0.29) is 17.1 Å². The van der Waals surface area contributed by atoms with Crippen molar-refractivity contribution >= 4 is 21.6 Å². The molecule has 1 aliphatic heterocycles. The zero-order chi connectivity index (χ0) is 14.0. The van der Waals surface area contributed by atoms with Crippen LogP contribution < -0.4 is 11.5 Å². The second-order valence-electron chi connectivity index (χ2n) is 4.64. The van der Waals surface area contributed by atoms with Crippen molar-refractivity contribution in [2.45, 2.75) is 17.7 Å². The first-order valence-electron chi connectivity index (χ1n) is 6.07. The number of anilines is 1. The predicted molar refractivity (Wildman–Crippen MR) is 71.5 cm³/mol. The van der Waals surface area contributed by atoms with Crippen molar-refractivity contribution in [1.29, 1.82) is 0 Å². The largest absolute Gasteiger partial charge is 0.398 e. The molecule has 1 heterocycles. The number of benzene rings is 1. The van der Waals surface area contributed by atoms with Gasteiger partial charge in [0, 0.05) is 13.1 Å². The Labute approximate surface area is 112 Å². The van der Waals surface area contributed by atoms with Crippen molar-refractivity contribution in [2.75, 3.05) is 18.8 Å². The molecule has 19 heavy (non-hydrogen) atoms. The van der Waals surface area contributed by atoms with Gasteiger partial charge in [-0.25, -0.2) is 8.42 Å². The summed E-state index contributed by atoms with van der Waals surface area (Å²) >= 11 is 0. The van der Waals surface area contributed by atoms with Gasteiger partial charge in [0.1, 0.15) is 4.90 Å². The maximum Gasteiger partial charge on any atom is 0.245 e. The highest BCUT2D eigenvalue weighted by molar-refractivity contribution is 7.89. The third kappa shape index (κ3) is 2.71. The monoisotopic (exact) mass is 283 g/mol. The lowest BCUT2D eigenvalue weighted by molar-refractivity contribution is -0.122. The molecule has 0 aliphatic carbocycles. The molecule has 1 aliphatic rings. The van der Waals surface area contributed by atoms with E-state index in [2.05, 4.69) is 0 Å². The number of nitrogens with zero attached hydrogens (tertiary/aromatic N) is 1. The number of sulfonamides is 1. The number of hydrogen-bond donors (Lipinski definition) is 2. The van der Waals surface area contributed by atoms with Crippen molar-refractivity contribution in [1.82, 2.24) is 4.31 Å². The Kier molecular flexibility index (Phi) is 3.77. The number of hydrogen-bond acceptors (Lipinski definition) is 4. The highest BCUT2D eigenvalue weighted by Crippen LogP contribution is 2.26. The number of carbonyl (C=O) groups is 1. The van der Waals surface area contributed by atoms with Gasteiger partial charge in [-0.05, 0) is 25.0 Å². The Hall–Kier alpha value is -1.60. The van der Waals surface area contributed by atoms with Gasteiger partial charge < -0.3 is 11.5 Å². The van der Waals surface area contributed by atoms with Crippen LogP contribution in [-0.4, -0.2) is 31.7 Å². The Morgan fingerprint density at radius 1 is 1.32 bits per heavy atom. The molecule has 1 unspecified atom stereocenters. The van der Waals surface area contributed by atoms with Crippen LogP contribution in [0.25, 0.3) is 0 Å². The molecule has 1 aromatic rings. The molecule has 1 atom stereocenters. The van der Waals surface area contributed by atoms with E-state index >= 15 is 0 Å². The minimum absolute atomic E-state index is 0.0834. The van der Waals surface area contributed by atoms with E-state index in [0.29, 0.717) is 19.4 Å². The lowest BCUT2D eigenvalue weighted by Gasteiger charge is -2.30. The van der Waals surface area contributed by atoms with Crippen molar-refractivity contribution in [3.63, 3.8) is 0 Å². The minimum atomic E-state index is -3.66. The molecular formula is C12H17N3O3S. The van der Waals surface area contributed by atoms with Gasteiger partial charge in [-0.2, -0.15) is 4.31 Å². The lowest BCUT2D eigenvalue weighted by atomic mass is 9.99. The smallest absolute Gasteiger partial charge is 0.245 e. The van der Waals surface area contributed by atoms with Gasteiger partial charge in [0.2, 0.25) is 15.9 Å². The molecule has 0 spiro atoms. The fraction of sp³-hybridized carbons (Fsp3) is 0.417. The Bertz CT molecular complexity index is 586. The van der Waals surface area contributed by atoms with Gasteiger partial charge in [0.05, 0.1) is 11.6 Å². The van der Waals surface area contributed by atoms with E-state index in [0.717, 1.165) is 0 Å². The first kappa shape index (κ1) is 13.8. The van der Waals surface area contributed by atoms with Crippen molar-refractivity contribution in [2.24, 2.45) is 11.7 Å². The maximum atomic E-state index is 12.5. The molecule has 7 heteroatoms. The number of carbonyl (C=O) groups excluding carboxylic acids is 1. The first-order valence-corrected chi connectivity index (χ1v) is 7.51. The van der Waals surface area contributed by atoms with Crippen LogP contribution in [0.5, 0.6) is 0 Å². The standard InChI is InChI=1S/C12H17N3O3S/c13-10-5-1-2-6-11(10)19(17,18)15-7-3-4-9(8-15)12(14)16/h1-2,5-6,9H,3-4,7-8,13H2,(H2,14,16). The summed E-state index contributed by atoms with van der Waals surface area (Å²) in [6, 6.07) is 6.32. The fourth-order valence-corrected chi connectivity index (χ4v) is 3.89. The highest BCUT2D eigenvalue weighted by Gasteiger charge is 2.33. The predicted octanol–water partition coefficient (Wildman–Crippen LogP) is 0.155. The number of para-hydroxylation sites is 1. The van der Waals surface area contributed by atoms with Crippen LogP contribution in [0.4, 0.5) is 5.69 Å². The number of nitrogen functional groups attached to an aromatic ring is 1. The Balaban J connectivity index is 2.30. The molecule has 0 saturated carbocycles. The summed E-state index contributed by atoms with van der Waals surface area (Å²) in [6.07, 6.45) is 1.26. The van der Waals surface area contributed by atoms with Crippen LogP contribution in [0.2, 0.25) is 0 Å². The molecule has 1 fully saturated rings. The van der Waals surface area contributed by atoms with Gasteiger partial charge in [0.25, 0.3) is 0 Å². The second kappa shape index (κ2) is 5.18. The number of nitrogens with two attached hydrogens (primary N) is 2. The molecule has 0 aromatic heterocycles.